The van der Waals surface area contributed by atoms with Gasteiger partial charge < -0.3 is 14.9 Å². The van der Waals surface area contributed by atoms with Gasteiger partial charge in [0.1, 0.15) is 18.2 Å². The molecule has 0 saturated carbocycles. The molecule has 0 amide bonds. The molecule has 0 fully saturated rings. The van der Waals surface area contributed by atoms with Crippen LogP contribution in [0.25, 0.3) is 0 Å². The number of carboxylic acid groups (broad SMARTS) is 2. The van der Waals surface area contributed by atoms with Gasteiger partial charge in [-0.25, -0.2) is 4.39 Å². The second-order valence-corrected chi connectivity index (χ2v) is 3.80. The average Bonchev–Trinajstić information content (AvgIpc) is 2.30. The van der Waals surface area contributed by atoms with Crippen LogP contribution in [0.5, 0.6) is 5.75 Å². The molecule has 0 radical (unpaired) electrons. The lowest BCUT2D eigenvalue weighted by molar-refractivity contribution is -0.141. The number of benzene rings is 1. The molecule has 0 aromatic heterocycles. The number of carbonyl (C=O) groups is 2. The Morgan fingerprint density at radius 3 is 2.11 bits per heavy atom. The van der Waals surface area contributed by atoms with Crippen LogP contribution in [0.4, 0.5) is 4.39 Å². The second kappa shape index (κ2) is 7.32. The van der Waals surface area contributed by atoms with Gasteiger partial charge in [0.05, 0.1) is 13.1 Å². The zero-order chi connectivity index (χ0) is 14.3. The van der Waals surface area contributed by atoms with Crippen molar-refractivity contribution >= 4 is 11.9 Å². The Balaban J connectivity index is 2.40. The summed E-state index contributed by atoms with van der Waals surface area (Å²) in [5.74, 6) is -2.16. The largest absolute Gasteiger partial charge is 0.492 e. The number of nitrogens with zero attached hydrogens (tertiary/aromatic N) is 1. The summed E-state index contributed by atoms with van der Waals surface area (Å²) < 4.78 is 17.9. The molecule has 0 aliphatic heterocycles. The van der Waals surface area contributed by atoms with Gasteiger partial charge in [0.25, 0.3) is 0 Å². The lowest BCUT2D eigenvalue weighted by Gasteiger charge is -2.17. The smallest absolute Gasteiger partial charge is 0.317 e. The highest BCUT2D eigenvalue weighted by Gasteiger charge is 2.13. The lowest BCUT2D eigenvalue weighted by atomic mass is 10.3. The molecule has 104 valence electrons. The first-order valence-corrected chi connectivity index (χ1v) is 5.51. The van der Waals surface area contributed by atoms with Gasteiger partial charge in [0.2, 0.25) is 0 Å². The number of aliphatic carboxylic acids is 2. The van der Waals surface area contributed by atoms with Crippen molar-refractivity contribution in [2.45, 2.75) is 0 Å². The molecule has 0 aliphatic carbocycles. The Hall–Kier alpha value is -2.15. The summed E-state index contributed by atoms with van der Waals surface area (Å²) in [5, 5.41) is 17.3. The Labute approximate surface area is 109 Å². The van der Waals surface area contributed by atoms with Crippen LogP contribution in [0.2, 0.25) is 0 Å². The second-order valence-electron chi connectivity index (χ2n) is 3.80. The topological polar surface area (TPSA) is 87.1 Å². The molecule has 7 heteroatoms. The van der Waals surface area contributed by atoms with Gasteiger partial charge in [0, 0.05) is 6.54 Å². The highest BCUT2D eigenvalue weighted by Crippen LogP contribution is 2.10. The van der Waals surface area contributed by atoms with Crippen molar-refractivity contribution in [1.82, 2.24) is 4.90 Å². The SMILES string of the molecule is O=C(O)CN(CCOc1ccc(F)cc1)CC(=O)O. The highest BCUT2D eigenvalue weighted by atomic mass is 19.1. The fourth-order valence-electron chi connectivity index (χ4n) is 1.42. The Morgan fingerprint density at radius 2 is 1.63 bits per heavy atom. The van der Waals surface area contributed by atoms with Crippen molar-refractivity contribution in [1.29, 1.82) is 0 Å². The molecule has 1 aromatic rings. The molecule has 0 aliphatic rings. The van der Waals surface area contributed by atoms with E-state index in [4.69, 9.17) is 14.9 Å². The van der Waals surface area contributed by atoms with Crippen LogP contribution in [0.1, 0.15) is 0 Å². The van der Waals surface area contributed by atoms with E-state index >= 15 is 0 Å². The summed E-state index contributed by atoms with van der Waals surface area (Å²) >= 11 is 0. The van der Waals surface area contributed by atoms with E-state index in [9.17, 15) is 14.0 Å². The molecular formula is C12H14FNO5. The van der Waals surface area contributed by atoms with Crippen LogP contribution in [0, 0.1) is 5.82 Å². The number of rotatable bonds is 8. The summed E-state index contributed by atoms with van der Waals surface area (Å²) in [4.78, 5) is 22.3. The number of hydrogen-bond acceptors (Lipinski definition) is 4. The van der Waals surface area contributed by atoms with Gasteiger partial charge in [0.15, 0.2) is 0 Å². The Bertz CT molecular complexity index is 418. The van der Waals surface area contributed by atoms with Crippen LogP contribution in [0.15, 0.2) is 24.3 Å². The molecule has 2 N–H and O–H groups in total. The van der Waals surface area contributed by atoms with Crippen LogP contribution < -0.4 is 4.74 Å². The first kappa shape index (κ1) is 14.9. The third-order valence-corrected chi connectivity index (χ3v) is 2.21. The van der Waals surface area contributed by atoms with Crippen molar-refractivity contribution in [3.05, 3.63) is 30.1 Å². The van der Waals surface area contributed by atoms with Crippen LogP contribution in [0.3, 0.4) is 0 Å². The standard InChI is InChI=1S/C12H14FNO5/c13-9-1-3-10(4-2-9)19-6-5-14(7-11(15)16)8-12(17)18/h1-4H,5-8H2,(H,15,16)(H,17,18). The van der Waals surface area contributed by atoms with E-state index in [2.05, 4.69) is 0 Å². The summed E-state index contributed by atoms with van der Waals surface area (Å²) in [7, 11) is 0. The average molecular weight is 271 g/mol. The van der Waals surface area contributed by atoms with E-state index in [1.54, 1.807) is 0 Å². The molecule has 6 nitrogen and oxygen atoms in total. The maximum atomic E-state index is 12.6. The molecule has 0 unspecified atom stereocenters. The minimum absolute atomic E-state index is 0.117. The number of hydrogen-bond donors (Lipinski definition) is 2. The molecular weight excluding hydrogens is 257 g/mol. The lowest BCUT2D eigenvalue weighted by Crippen LogP contribution is -2.37. The van der Waals surface area contributed by atoms with Crippen LogP contribution >= 0.6 is 0 Å². The first-order chi connectivity index (χ1) is 8.97. The van der Waals surface area contributed by atoms with Gasteiger partial charge in [-0.15, -0.1) is 0 Å². The van der Waals surface area contributed by atoms with E-state index in [1.807, 2.05) is 0 Å². The fraction of sp³-hybridized carbons (Fsp3) is 0.333. The van der Waals surface area contributed by atoms with Crippen molar-refractivity contribution in [2.24, 2.45) is 0 Å². The summed E-state index contributed by atoms with van der Waals surface area (Å²) in [5.41, 5.74) is 0. The Morgan fingerprint density at radius 1 is 1.11 bits per heavy atom. The predicted molar refractivity (Wildman–Crippen MR) is 63.6 cm³/mol. The van der Waals surface area contributed by atoms with Crippen LogP contribution in [-0.2, 0) is 9.59 Å². The fourth-order valence-corrected chi connectivity index (χ4v) is 1.42. The van der Waals surface area contributed by atoms with Gasteiger partial charge in [-0.05, 0) is 24.3 Å². The zero-order valence-electron chi connectivity index (χ0n) is 10.1. The number of carboxylic acids is 2. The quantitative estimate of drug-likeness (QED) is 0.723. The molecule has 1 aromatic carbocycles. The third-order valence-electron chi connectivity index (χ3n) is 2.21. The van der Waals surface area contributed by atoms with Crippen molar-refractivity contribution in [3.63, 3.8) is 0 Å². The highest BCUT2D eigenvalue weighted by molar-refractivity contribution is 5.72. The summed E-state index contributed by atoms with van der Waals surface area (Å²) in [6.45, 7) is -0.486. The minimum atomic E-state index is -1.11. The molecule has 0 atom stereocenters. The van der Waals surface area contributed by atoms with E-state index in [0.29, 0.717) is 5.75 Å². The summed E-state index contributed by atoms with van der Waals surface area (Å²) in [6, 6.07) is 5.35. The molecule has 19 heavy (non-hydrogen) atoms. The van der Waals surface area contributed by atoms with Crippen molar-refractivity contribution in [3.8, 4) is 5.75 Å². The first-order valence-electron chi connectivity index (χ1n) is 5.51. The maximum absolute atomic E-state index is 12.6. The normalized spacial score (nSPS) is 10.4. The molecule has 0 heterocycles. The van der Waals surface area contributed by atoms with Gasteiger partial charge in [-0.1, -0.05) is 0 Å². The summed E-state index contributed by atoms with van der Waals surface area (Å²) in [6.07, 6.45) is 0. The van der Waals surface area contributed by atoms with Crippen molar-refractivity contribution in [2.75, 3.05) is 26.2 Å². The number of ether oxygens (including phenoxy) is 1. The van der Waals surface area contributed by atoms with Gasteiger partial charge in [-0.3, -0.25) is 14.5 Å². The van der Waals surface area contributed by atoms with E-state index in [1.165, 1.54) is 29.2 Å². The molecule has 1 rings (SSSR count). The van der Waals surface area contributed by atoms with E-state index in [-0.39, 0.29) is 32.1 Å². The molecule has 0 spiro atoms. The van der Waals surface area contributed by atoms with Crippen molar-refractivity contribution < 1.29 is 28.9 Å². The van der Waals surface area contributed by atoms with E-state index in [0.717, 1.165) is 0 Å². The third kappa shape index (κ3) is 6.37. The zero-order valence-corrected chi connectivity index (χ0v) is 10.1. The maximum Gasteiger partial charge on any atom is 0.317 e. The van der Waals surface area contributed by atoms with E-state index < -0.39 is 11.9 Å². The molecule has 0 saturated heterocycles. The number of halogens is 1. The van der Waals surface area contributed by atoms with Crippen LogP contribution in [-0.4, -0.2) is 53.3 Å². The Kier molecular flexibility index (Phi) is 5.74. The van der Waals surface area contributed by atoms with Gasteiger partial charge in [-0.2, -0.15) is 0 Å². The monoisotopic (exact) mass is 271 g/mol. The van der Waals surface area contributed by atoms with Gasteiger partial charge >= 0.3 is 11.9 Å². The predicted octanol–water partition coefficient (Wildman–Crippen LogP) is 0.676. The minimum Gasteiger partial charge on any atom is -0.492 e. The molecule has 0 bridgehead atoms.